The molecule has 14 atom stereocenters. The maximum atomic E-state index is 11.9. The highest BCUT2D eigenvalue weighted by atomic mass is 16.7. The molecule has 16 heteroatoms. The summed E-state index contributed by atoms with van der Waals surface area (Å²) in [5.74, 6) is -0.642. The number of carbonyl (C=O) groups excluding carboxylic acids is 1. The van der Waals surface area contributed by atoms with E-state index >= 15 is 0 Å². The third-order valence-corrected chi connectivity index (χ3v) is 6.75. The largest absolute Gasteiger partial charge is 0.394 e. The van der Waals surface area contributed by atoms with Crippen LogP contribution in [0.15, 0.2) is 0 Å². The van der Waals surface area contributed by atoms with E-state index < -0.39 is 111 Å². The standard InChI is InChI=1S/C24H45NO15/c1-9(28)25-14-18(34)21(40-23-20(36)19(35)17(33)12(6-26)38-23)13(7-27)39-22(14)37-8-11(30)16(32)15(31)10(29)5-24(2,3)4/h10-23,26-27,29-36H,5-8H2,1-4H3,(H,25,28)/t10-,11+,12+,13+,14+,15+,16-,17-,18+,19-,20+,21+,22+,23-/m0/s1. The minimum atomic E-state index is -1.83. The van der Waals surface area contributed by atoms with E-state index in [1.807, 2.05) is 20.8 Å². The molecule has 2 rings (SSSR count). The predicted octanol–water partition coefficient (Wildman–Crippen LogP) is -5.35. The molecule has 0 radical (unpaired) electrons. The Hall–Kier alpha value is -1.09. The number of aliphatic hydroxyl groups excluding tert-OH is 10. The third kappa shape index (κ3) is 8.95. The zero-order chi connectivity index (χ0) is 30.5. The van der Waals surface area contributed by atoms with Gasteiger partial charge in [-0.3, -0.25) is 4.79 Å². The number of nitrogens with one attached hydrogen (secondary N) is 1. The van der Waals surface area contributed by atoms with Gasteiger partial charge in [0.25, 0.3) is 0 Å². The molecule has 2 aliphatic heterocycles. The lowest BCUT2D eigenvalue weighted by Crippen LogP contribution is -2.67. The first-order chi connectivity index (χ1) is 18.5. The van der Waals surface area contributed by atoms with Crippen LogP contribution in [0.2, 0.25) is 0 Å². The molecule has 0 aromatic rings. The Morgan fingerprint density at radius 1 is 0.825 bits per heavy atom. The summed E-state index contributed by atoms with van der Waals surface area (Å²) in [5.41, 5.74) is -0.382. The molecule has 16 nitrogen and oxygen atoms in total. The number of rotatable bonds is 12. The highest BCUT2D eigenvalue weighted by Crippen LogP contribution is 2.30. The normalized spacial score (nSPS) is 38.4. The minimum absolute atomic E-state index is 0.120. The van der Waals surface area contributed by atoms with E-state index in [1.54, 1.807) is 0 Å². The lowest BCUT2D eigenvalue weighted by Gasteiger charge is -2.47. The Bertz CT molecular complexity index is 782. The molecule has 2 aliphatic rings. The van der Waals surface area contributed by atoms with Gasteiger partial charge in [-0.05, 0) is 11.8 Å². The zero-order valence-electron chi connectivity index (χ0n) is 22.9. The van der Waals surface area contributed by atoms with Gasteiger partial charge in [0.15, 0.2) is 12.6 Å². The van der Waals surface area contributed by atoms with E-state index in [0.29, 0.717) is 0 Å². The van der Waals surface area contributed by atoms with Crippen molar-refractivity contribution in [3.05, 3.63) is 0 Å². The van der Waals surface area contributed by atoms with Crippen LogP contribution in [-0.4, -0.2) is 163 Å². The fourth-order valence-electron chi connectivity index (χ4n) is 4.60. The number of ether oxygens (including phenoxy) is 4. The Morgan fingerprint density at radius 3 is 1.90 bits per heavy atom. The SMILES string of the molecule is CC(=O)N[C@H]1[C@H](OC[C@@H](O)[C@H](O)[C@H](O)[C@@H](O)CC(C)(C)C)O[C@H](CO)[C@@H](O[C@@H]2O[C@H](CO)[C@H](O)[C@H](O)[C@H]2O)[C@@H]1O. The van der Waals surface area contributed by atoms with Crippen molar-refractivity contribution in [2.75, 3.05) is 19.8 Å². The van der Waals surface area contributed by atoms with Gasteiger partial charge >= 0.3 is 0 Å². The molecule has 40 heavy (non-hydrogen) atoms. The fourth-order valence-corrected chi connectivity index (χ4v) is 4.60. The molecule has 2 fully saturated rings. The molecule has 0 bridgehead atoms. The van der Waals surface area contributed by atoms with Gasteiger partial charge in [-0.25, -0.2) is 0 Å². The van der Waals surface area contributed by atoms with Crippen molar-refractivity contribution < 1.29 is 74.8 Å². The van der Waals surface area contributed by atoms with Crippen molar-refractivity contribution in [1.29, 1.82) is 0 Å². The van der Waals surface area contributed by atoms with E-state index in [9.17, 15) is 55.9 Å². The van der Waals surface area contributed by atoms with E-state index in [0.717, 1.165) is 6.92 Å². The minimum Gasteiger partial charge on any atom is -0.394 e. The monoisotopic (exact) mass is 587 g/mol. The third-order valence-electron chi connectivity index (χ3n) is 6.75. The van der Waals surface area contributed by atoms with E-state index in [4.69, 9.17) is 18.9 Å². The highest BCUT2D eigenvalue weighted by molar-refractivity contribution is 5.73. The number of amides is 1. The summed E-state index contributed by atoms with van der Waals surface area (Å²) in [7, 11) is 0. The molecular formula is C24H45NO15. The molecular weight excluding hydrogens is 542 g/mol. The second-order valence-corrected chi connectivity index (χ2v) is 11.5. The average molecular weight is 588 g/mol. The first kappa shape index (κ1) is 35.1. The van der Waals surface area contributed by atoms with E-state index in [2.05, 4.69) is 5.32 Å². The molecule has 0 spiro atoms. The molecule has 1 amide bonds. The molecule has 0 aromatic heterocycles. The van der Waals surface area contributed by atoms with E-state index in [1.165, 1.54) is 0 Å². The zero-order valence-corrected chi connectivity index (χ0v) is 22.9. The number of carbonyl (C=O) groups is 1. The first-order valence-electron chi connectivity index (χ1n) is 13.0. The van der Waals surface area contributed by atoms with Crippen LogP contribution in [0.5, 0.6) is 0 Å². The van der Waals surface area contributed by atoms with Crippen LogP contribution in [0.1, 0.15) is 34.1 Å². The molecule has 2 saturated heterocycles. The second kappa shape index (κ2) is 14.9. The summed E-state index contributed by atoms with van der Waals surface area (Å²) >= 11 is 0. The van der Waals surface area contributed by atoms with Gasteiger partial charge in [-0.1, -0.05) is 20.8 Å². The predicted molar refractivity (Wildman–Crippen MR) is 132 cm³/mol. The summed E-state index contributed by atoms with van der Waals surface area (Å²) < 4.78 is 22.0. The van der Waals surface area contributed by atoms with Crippen molar-refractivity contribution in [3.63, 3.8) is 0 Å². The number of aliphatic hydroxyl groups is 10. The molecule has 236 valence electrons. The Kier molecular flexibility index (Phi) is 13.1. The van der Waals surface area contributed by atoms with Crippen LogP contribution in [-0.2, 0) is 23.7 Å². The van der Waals surface area contributed by atoms with Gasteiger partial charge in [0.1, 0.15) is 67.1 Å². The van der Waals surface area contributed by atoms with Crippen LogP contribution in [0.25, 0.3) is 0 Å². The van der Waals surface area contributed by atoms with Crippen molar-refractivity contribution in [1.82, 2.24) is 5.32 Å². The molecule has 0 unspecified atom stereocenters. The summed E-state index contributed by atoms with van der Waals surface area (Å²) in [5, 5.41) is 104. The van der Waals surface area contributed by atoms with Crippen LogP contribution >= 0.6 is 0 Å². The lowest BCUT2D eigenvalue weighted by atomic mass is 9.86. The quantitative estimate of drug-likeness (QED) is 0.102. The first-order valence-corrected chi connectivity index (χ1v) is 13.0. The van der Waals surface area contributed by atoms with Gasteiger partial charge in [0, 0.05) is 6.92 Å². The summed E-state index contributed by atoms with van der Waals surface area (Å²) in [6, 6.07) is -1.39. The maximum Gasteiger partial charge on any atom is 0.217 e. The smallest absolute Gasteiger partial charge is 0.217 e. The van der Waals surface area contributed by atoms with Crippen molar-refractivity contribution in [2.24, 2.45) is 5.41 Å². The van der Waals surface area contributed by atoms with Gasteiger partial charge in [0.05, 0.1) is 25.9 Å². The summed E-state index contributed by atoms with van der Waals surface area (Å²) in [6.45, 7) is 4.36. The molecule has 11 N–H and O–H groups in total. The molecule has 0 aliphatic carbocycles. The van der Waals surface area contributed by atoms with Crippen molar-refractivity contribution in [3.8, 4) is 0 Å². The second-order valence-electron chi connectivity index (χ2n) is 11.5. The van der Waals surface area contributed by atoms with Crippen molar-refractivity contribution >= 4 is 5.91 Å². The van der Waals surface area contributed by atoms with Crippen LogP contribution < -0.4 is 5.32 Å². The highest BCUT2D eigenvalue weighted by Gasteiger charge is 2.51. The maximum absolute atomic E-state index is 11.9. The molecule has 0 saturated carbocycles. The summed E-state index contributed by atoms with van der Waals surface area (Å²) in [6.07, 6.45) is -20.9. The Labute approximate surface area is 231 Å². The Morgan fingerprint density at radius 2 is 1.38 bits per heavy atom. The topological polar surface area (TPSA) is 268 Å². The summed E-state index contributed by atoms with van der Waals surface area (Å²) in [4.78, 5) is 11.9. The number of hydrogen-bond acceptors (Lipinski definition) is 15. The van der Waals surface area contributed by atoms with Gasteiger partial charge < -0.3 is 75.3 Å². The fraction of sp³-hybridized carbons (Fsp3) is 0.958. The average Bonchev–Trinajstić information content (AvgIpc) is 2.87. The van der Waals surface area contributed by atoms with E-state index in [-0.39, 0.29) is 11.8 Å². The molecule has 0 aromatic carbocycles. The molecule has 2 heterocycles. The van der Waals surface area contributed by atoms with Crippen molar-refractivity contribution in [2.45, 2.75) is 120 Å². The Balaban J connectivity index is 2.14. The van der Waals surface area contributed by atoms with Crippen LogP contribution in [0.4, 0.5) is 0 Å². The van der Waals surface area contributed by atoms with Crippen LogP contribution in [0, 0.1) is 5.41 Å². The van der Waals surface area contributed by atoms with Crippen LogP contribution in [0.3, 0.4) is 0 Å². The van der Waals surface area contributed by atoms with Gasteiger partial charge in [-0.15, -0.1) is 0 Å². The van der Waals surface area contributed by atoms with Gasteiger partial charge in [-0.2, -0.15) is 0 Å². The lowest BCUT2D eigenvalue weighted by molar-refractivity contribution is -0.349. The number of hydrogen-bond donors (Lipinski definition) is 11. The van der Waals surface area contributed by atoms with Gasteiger partial charge in [0.2, 0.25) is 5.91 Å².